The van der Waals surface area contributed by atoms with E-state index in [0.29, 0.717) is 41.9 Å². The van der Waals surface area contributed by atoms with Gasteiger partial charge in [0.25, 0.3) is 0 Å². The number of nitrogens with zero attached hydrogens (tertiary/aromatic N) is 1. The lowest BCUT2D eigenvalue weighted by atomic mass is 10.0. The minimum atomic E-state index is 0.365. The Balaban J connectivity index is 1.54. The first-order chi connectivity index (χ1) is 13.0. The second-order valence-electron chi connectivity index (χ2n) is 7.31. The standard InChI is InChI=1S/C22H29N3O2/c1-14(2)16-6-8-17(9-7-16)18-12-19(18)25-22(23)24-13-15-5-10-20(26-3)21(11-15)27-4/h5-11,14,18-19H,12-13H2,1-4H3,(H3,23,24,25). The number of aliphatic imine (C=N–C) groups is 1. The molecule has 0 aliphatic heterocycles. The molecule has 5 heteroatoms. The molecule has 1 aliphatic carbocycles. The predicted octanol–water partition coefficient (Wildman–Crippen LogP) is 3.79. The number of methoxy groups -OCH3 is 2. The van der Waals surface area contributed by atoms with E-state index >= 15 is 0 Å². The van der Waals surface area contributed by atoms with Crippen molar-refractivity contribution in [3.8, 4) is 11.5 Å². The SMILES string of the molecule is COc1ccc(CN=C(N)NC2CC2c2ccc(C(C)C)cc2)cc1OC. The zero-order valence-corrected chi connectivity index (χ0v) is 16.5. The maximum absolute atomic E-state index is 6.08. The molecule has 144 valence electrons. The van der Waals surface area contributed by atoms with Gasteiger partial charge in [-0.3, -0.25) is 0 Å². The van der Waals surface area contributed by atoms with E-state index in [1.807, 2.05) is 18.2 Å². The van der Waals surface area contributed by atoms with Gasteiger partial charge < -0.3 is 20.5 Å². The molecule has 0 bridgehead atoms. The van der Waals surface area contributed by atoms with Gasteiger partial charge in [-0.15, -0.1) is 0 Å². The van der Waals surface area contributed by atoms with Crippen molar-refractivity contribution >= 4 is 5.96 Å². The van der Waals surface area contributed by atoms with Crippen molar-refractivity contribution in [2.24, 2.45) is 10.7 Å². The van der Waals surface area contributed by atoms with Crippen LogP contribution < -0.4 is 20.5 Å². The van der Waals surface area contributed by atoms with E-state index in [1.165, 1.54) is 11.1 Å². The zero-order chi connectivity index (χ0) is 19.4. The number of hydrogen-bond acceptors (Lipinski definition) is 3. The largest absolute Gasteiger partial charge is 0.493 e. The molecule has 2 atom stereocenters. The normalized spacial score (nSPS) is 19.1. The number of ether oxygens (including phenoxy) is 2. The summed E-state index contributed by atoms with van der Waals surface area (Å²) in [6.07, 6.45) is 1.09. The van der Waals surface area contributed by atoms with Crippen molar-refractivity contribution in [1.82, 2.24) is 5.32 Å². The molecule has 5 nitrogen and oxygen atoms in total. The van der Waals surface area contributed by atoms with Crippen LogP contribution in [0, 0.1) is 0 Å². The lowest BCUT2D eigenvalue weighted by molar-refractivity contribution is 0.354. The molecule has 0 spiro atoms. The molecule has 2 aromatic rings. The van der Waals surface area contributed by atoms with Gasteiger partial charge in [0.05, 0.1) is 20.8 Å². The highest BCUT2D eigenvalue weighted by atomic mass is 16.5. The van der Waals surface area contributed by atoms with Gasteiger partial charge in [-0.1, -0.05) is 44.2 Å². The average molecular weight is 367 g/mol. The lowest BCUT2D eigenvalue weighted by Gasteiger charge is -2.09. The Labute approximate surface area is 161 Å². The van der Waals surface area contributed by atoms with E-state index in [1.54, 1.807) is 14.2 Å². The summed E-state index contributed by atoms with van der Waals surface area (Å²) in [7, 11) is 3.25. The Kier molecular flexibility index (Phi) is 5.89. The number of nitrogens with one attached hydrogen (secondary N) is 1. The quantitative estimate of drug-likeness (QED) is 0.577. The van der Waals surface area contributed by atoms with Crippen LogP contribution in [0.5, 0.6) is 11.5 Å². The molecule has 1 saturated carbocycles. The molecule has 27 heavy (non-hydrogen) atoms. The molecule has 1 fully saturated rings. The summed E-state index contributed by atoms with van der Waals surface area (Å²) < 4.78 is 10.6. The molecule has 2 unspecified atom stereocenters. The summed E-state index contributed by atoms with van der Waals surface area (Å²) in [4.78, 5) is 4.46. The Morgan fingerprint density at radius 3 is 2.44 bits per heavy atom. The van der Waals surface area contributed by atoms with Gasteiger partial charge in [0.2, 0.25) is 0 Å². The van der Waals surface area contributed by atoms with Crippen LogP contribution in [-0.2, 0) is 6.54 Å². The van der Waals surface area contributed by atoms with Crippen LogP contribution in [0.25, 0.3) is 0 Å². The number of nitrogens with two attached hydrogens (primary N) is 1. The second-order valence-corrected chi connectivity index (χ2v) is 7.31. The highest BCUT2D eigenvalue weighted by Crippen LogP contribution is 2.41. The Morgan fingerprint density at radius 1 is 1.11 bits per heavy atom. The molecule has 0 heterocycles. The molecule has 0 amide bonds. The monoisotopic (exact) mass is 367 g/mol. The lowest BCUT2D eigenvalue weighted by Crippen LogP contribution is -2.34. The third-order valence-corrected chi connectivity index (χ3v) is 5.03. The van der Waals surface area contributed by atoms with Gasteiger partial charge in [-0.2, -0.15) is 0 Å². The summed E-state index contributed by atoms with van der Waals surface area (Å²) in [5, 5.41) is 3.33. The van der Waals surface area contributed by atoms with Crippen LogP contribution in [0.2, 0.25) is 0 Å². The molecule has 3 N–H and O–H groups in total. The average Bonchev–Trinajstić information content (AvgIpc) is 3.45. The summed E-state index contributed by atoms with van der Waals surface area (Å²) in [6.45, 7) is 4.93. The van der Waals surface area contributed by atoms with Gasteiger partial charge >= 0.3 is 0 Å². The van der Waals surface area contributed by atoms with Gasteiger partial charge in [0.15, 0.2) is 17.5 Å². The summed E-state index contributed by atoms with van der Waals surface area (Å²) >= 11 is 0. The molecule has 0 saturated heterocycles. The fraction of sp³-hybridized carbons (Fsp3) is 0.409. The van der Waals surface area contributed by atoms with Crippen molar-refractivity contribution in [2.45, 2.75) is 44.7 Å². The van der Waals surface area contributed by atoms with Gasteiger partial charge in [-0.25, -0.2) is 4.99 Å². The van der Waals surface area contributed by atoms with Crippen LogP contribution in [0.1, 0.15) is 48.8 Å². The summed E-state index contributed by atoms with van der Waals surface area (Å²) in [5.74, 6) is 2.97. The summed E-state index contributed by atoms with van der Waals surface area (Å²) in [5.41, 5.74) is 9.84. The Morgan fingerprint density at radius 2 is 1.81 bits per heavy atom. The molecular formula is C22H29N3O2. The molecule has 3 rings (SSSR count). The van der Waals surface area contributed by atoms with Crippen LogP contribution >= 0.6 is 0 Å². The number of hydrogen-bond donors (Lipinski definition) is 2. The first-order valence-electron chi connectivity index (χ1n) is 9.39. The fourth-order valence-electron chi connectivity index (χ4n) is 3.24. The van der Waals surface area contributed by atoms with Gasteiger partial charge in [0.1, 0.15) is 0 Å². The minimum Gasteiger partial charge on any atom is -0.493 e. The van der Waals surface area contributed by atoms with Crippen LogP contribution in [-0.4, -0.2) is 26.2 Å². The maximum Gasteiger partial charge on any atom is 0.189 e. The third-order valence-electron chi connectivity index (χ3n) is 5.03. The van der Waals surface area contributed by atoms with E-state index in [-0.39, 0.29) is 0 Å². The Hall–Kier alpha value is -2.69. The first-order valence-corrected chi connectivity index (χ1v) is 9.39. The molecular weight excluding hydrogens is 338 g/mol. The molecule has 1 aliphatic rings. The van der Waals surface area contributed by atoms with Crippen molar-refractivity contribution < 1.29 is 9.47 Å². The van der Waals surface area contributed by atoms with Gasteiger partial charge in [-0.05, 0) is 41.2 Å². The van der Waals surface area contributed by atoms with Crippen LogP contribution in [0.15, 0.2) is 47.5 Å². The van der Waals surface area contributed by atoms with Gasteiger partial charge in [0, 0.05) is 12.0 Å². The van der Waals surface area contributed by atoms with Crippen molar-refractivity contribution in [3.05, 3.63) is 59.2 Å². The predicted molar refractivity (Wildman–Crippen MR) is 110 cm³/mol. The van der Waals surface area contributed by atoms with Crippen molar-refractivity contribution in [2.75, 3.05) is 14.2 Å². The van der Waals surface area contributed by atoms with Crippen molar-refractivity contribution in [3.63, 3.8) is 0 Å². The van der Waals surface area contributed by atoms with Crippen LogP contribution in [0.4, 0.5) is 0 Å². The van der Waals surface area contributed by atoms with E-state index in [0.717, 1.165) is 12.0 Å². The highest BCUT2D eigenvalue weighted by molar-refractivity contribution is 5.78. The Bertz CT molecular complexity index is 800. The fourth-order valence-corrected chi connectivity index (χ4v) is 3.24. The molecule has 0 aromatic heterocycles. The van der Waals surface area contributed by atoms with E-state index < -0.39 is 0 Å². The number of guanidine groups is 1. The second kappa shape index (κ2) is 8.33. The number of rotatable bonds is 7. The maximum atomic E-state index is 6.08. The van der Waals surface area contributed by atoms with E-state index in [2.05, 4.69) is 48.4 Å². The first kappa shape index (κ1) is 19.1. The van der Waals surface area contributed by atoms with E-state index in [4.69, 9.17) is 15.2 Å². The highest BCUT2D eigenvalue weighted by Gasteiger charge is 2.38. The zero-order valence-electron chi connectivity index (χ0n) is 16.5. The number of benzene rings is 2. The van der Waals surface area contributed by atoms with E-state index in [9.17, 15) is 0 Å². The smallest absolute Gasteiger partial charge is 0.189 e. The summed E-state index contributed by atoms with van der Waals surface area (Å²) in [6, 6.07) is 15.1. The van der Waals surface area contributed by atoms with Crippen molar-refractivity contribution in [1.29, 1.82) is 0 Å². The topological polar surface area (TPSA) is 68.9 Å². The molecule has 2 aromatic carbocycles. The third kappa shape index (κ3) is 4.73. The van der Waals surface area contributed by atoms with Crippen LogP contribution in [0.3, 0.4) is 0 Å². The minimum absolute atomic E-state index is 0.365. The molecule has 0 radical (unpaired) electrons.